The summed E-state index contributed by atoms with van der Waals surface area (Å²) in [5.74, 6) is 0.769. The molecule has 1 saturated heterocycles. The number of nitrogens with one attached hydrogen (secondary N) is 2. The second-order valence-corrected chi connectivity index (χ2v) is 7.92. The van der Waals surface area contributed by atoms with E-state index in [0.29, 0.717) is 5.92 Å². The third-order valence-corrected chi connectivity index (χ3v) is 5.67. The van der Waals surface area contributed by atoms with Crippen LogP contribution in [-0.2, 0) is 10.0 Å². The molecule has 0 saturated carbocycles. The Morgan fingerprint density at radius 3 is 2.48 bits per heavy atom. The molecule has 2 rings (SSSR count). The number of benzene rings is 1. The molecular formula is C16H26N2O2S. The van der Waals surface area contributed by atoms with E-state index in [-0.39, 0.29) is 11.8 Å². The van der Waals surface area contributed by atoms with E-state index in [9.17, 15) is 8.42 Å². The van der Waals surface area contributed by atoms with Gasteiger partial charge in [0.1, 0.15) is 0 Å². The Balaban J connectivity index is 1.86. The largest absolute Gasteiger partial charge is 0.317 e. The highest BCUT2D eigenvalue weighted by Crippen LogP contribution is 2.18. The van der Waals surface area contributed by atoms with E-state index in [2.05, 4.69) is 10.0 Å². The van der Waals surface area contributed by atoms with Gasteiger partial charge in [0.2, 0.25) is 10.0 Å². The van der Waals surface area contributed by atoms with E-state index in [1.807, 2.05) is 38.1 Å². The first-order valence-electron chi connectivity index (χ1n) is 7.73. The van der Waals surface area contributed by atoms with Crippen molar-refractivity contribution in [3.05, 3.63) is 35.4 Å². The number of hydrogen-bond acceptors (Lipinski definition) is 3. The van der Waals surface area contributed by atoms with Crippen LogP contribution in [0.5, 0.6) is 0 Å². The average molecular weight is 310 g/mol. The highest BCUT2D eigenvalue weighted by Gasteiger charge is 2.19. The van der Waals surface area contributed by atoms with Crippen LogP contribution in [0.25, 0.3) is 0 Å². The number of piperidine rings is 1. The van der Waals surface area contributed by atoms with Crippen molar-refractivity contribution >= 4 is 10.0 Å². The minimum absolute atomic E-state index is 0.177. The maximum absolute atomic E-state index is 12.2. The topological polar surface area (TPSA) is 58.2 Å². The lowest BCUT2D eigenvalue weighted by Crippen LogP contribution is -2.32. The fraction of sp³-hybridized carbons (Fsp3) is 0.625. The molecule has 1 unspecified atom stereocenters. The molecule has 0 aromatic heterocycles. The Kier molecular flexibility index (Phi) is 5.79. The van der Waals surface area contributed by atoms with Gasteiger partial charge in [0.25, 0.3) is 0 Å². The van der Waals surface area contributed by atoms with Gasteiger partial charge in [-0.3, -0.25) is 0 Å². The van der Waals surface area contributed by atoms with E-state index in [0.717, 1.165) is 37.9 Å². The molecular weight excluding hydrogens is 284 g/mol. The van der Waals surface area contributed by atoms with Gasteiger partial charge >= 0.3 is 0 Å². The summed E-state index contributed by atoms with van der Waals surface area (Å²) in [5, 5.41) is 3.31. The molecule has 0 spiro atoms. The summed E-state index contributed by atoms with van der Waals surface area (Å²) in [6.07, 6.45) is 2.93. The quantitative estimate of drug-likeness (QED) is 0.848. The number of rotatable bonds is 6. The van der Waals surface area contributed by atoms with Gasteiger partial charge in [-0.25, -0.2) is 13.1 Å². The molecule has 1 fully saturated rings. The minimum Gasteiger partial charge on any atom is -0.317 e. The van der Waals surface area contributed by atoms with Crippen LogP contribution in [0.2, 0.25) is 0 Å². The van der Waals surface area contributed by atoms with Gasteiger partial charge in [-0.05, 0) is 57.7 Å². The molecule has 4 nitrogen and oxygen atoms in total. The summed E-state index contributed by atoms with van der Waals surface area (Å²) in [7, 11) is -3.21. The molecule has 0 aliphatic carbocycles. The van der Waals surface area contributed by atoms with Gasteiger partial charge in [0.15, 0.2) is 0 Å². The van der Waals surface area contributed by atoms with Crippen LogP contribution in [0.4, 0.5) is 0 Å². The minimum atomic E-state index is -3.21. The first-order valence-corrected chi connectivity index (χ1v) is 9.39. The van der Waals surface area contributed by atoms with Gasteiger partial charge in [0, 0.05) is 6.04 Å². The Bertz CT molecular complexity index is 534. The molecule has 1 atom stereocenters. The van der Waals surface area contributed by atoms with Crippen molar-refractivity contribution in [1.29, 1.82) is 0 Å². The van der Waals surface area contributed by atoms with Gasteiger partial charge in [-0.15, -0.1) is 0 Å². The monoisotopic (exact) mass is 310 g/mol. The highest BCUT2D eigenvalue weighted by molar-refractivity contribution is 7.89. The summed E-state index contributed by atoms with van der Waals surface area (Å²) in [6, 6.07) is 7.80. The molecule has 1 aromatic carbocycles. The molecule has 1 aliphatic rings. The molecule has 118 valence electrons. The maximum atomic E-state index is 12.2. The summed E-state index contributed by atoms with van der Waals surface area (Å²) in [5.41, 5.74) is 2.19. The predicted molar refractivity (Wildman–Crippen MR) is 86.7 cm³/mol. The molecule has 0 amide bonds. The fourth-order valence-electron chi connectivity index (χ4n) is 2.74. The molecule has 0 radical (unpaired) electrons. The van der Waals surface area contributed by atoms with Crippen molar-refractivity contribution in [3.8, 4) is 0 Å². The van der Waals surface area contributed by atoms with E-state index < -0.39 is 10.0 Å². The zero-order valence-corrected chi connectivity index (χ0v) is 13.7. The Morgan fingerprint density at radius 2 is 1.86 bits per heavy atom. The third-order valence-electron chi connectivity index (χ3n) is 4.19. The number of aryl methyl sites for hydroxylation is 1. The van der Waals surface area contributed by atoms with Crippen LogP contribution in [0, 0.1) is 12.8 Å². The molecule has 5 heteroatoms. The van der Waals surface area contributed by atoms with Crippen LogP contribution in [-0.4, -0.2) is 27.3 Å². The molecule has 1 aliphatic heterocycles. The molecule has 0 bridgehead atoms. The zero-order chi connectivity index (χ0) is 15.3. The van der Waals surface area contributed by atoms with Crippen LogP contribution in [0.1, 0.15) is 43.4 Å². The summed E-state index contributed by atoms with van der Waals surface area (Å²) in [4.78, 5) is 0. The molecule has 2 N–H and O–H groups in total. The first-order chi connectivity index (χ1) is 9.96. The van der Waals surface area contributed by atoms with Crippen molar-refractivity contribution in [1.82, 2.24) is 10.0 Å². The van der Waals surface area contributed by atoms with Gasteiger partial charge in [-0.1, -0.05) is 29.8 Å². The molecule has 21 heavy (non-hydrogen) atoms. The predicted octanol–water partition coefficient (Wildman–Crippen LogP) is 2.37. The smallest absolute Gasteiger partial charge is 0.212 e. The van der Waals surface area contributed by atoms with Gasteiger partial charge in [-0.2, -0.15) is 0 Å². The van der Waals surface area contributed by atoms with Gasteiger partial charge < -0.3 is 5.32 Å². The Labute approximate surface area is 128 Å². The van der Waals surface area contributed by atoms with E-state index in [4.69, 9.17) is 0 Å². The summed E-state index contributed by atoms with van der Waals surface area (Å²) in [6.45, 7) is 5.94. The van der Waals surface area contributed by atoms with Crippen molar-refractivity contribution in [2.24, 2.45) is 5.92 Å². The Hall–Kier alpha value is -0.910. The SMILES string of the molecule is Cc1ccc(C(C)NS(=O)(=O)CCC2CCNCC2)cc1. The first kappa shape index (κ1) is 16.5. The standard InChI is InChI=1S/C16H26N2O2S/c1-13-3-5-16(6-4-13)14(2)18-21(19,20)12-9-15-7-10-17-11-8-15/h3-6,14-15,17-18H,7-12H2,1-2H3. The maximum Gasteiger partial charge on any atom is 0.212 e. The second-order valence-electron chi connectivity index (χ2n) is 6.05. The number of sulfonamides is 1. The van der Waals surface area contributed by atoms with Crippen molar-refractivity contribution in [3.63, 3.8) is 0 Å². The lowest BCUT2D eigenvalue weighted by atomic mass is 9.96. The summed E-state index contributed by atoms with van der Waals surface area (Å²) < 4.78 is 27.2. The van der Waals surface area contributed by atoms with E-state index in [1.165, 1.54) is 5.56 Å². The normalized spacial score (nSPS) is 18.6. The van der Waals surface area contributed by atoms with Crippen molar-refractivity contribution in [2.45, 2.75) is 39.2 Å². The Morgan fingerprint density at radius 1 is 1.24 bits per heavy atom. The zero-order valence-electron chi connectivity index (χ0n) is 12.9. The lowest BCUT2D eigenvalue weighted by molar-refractivity contribution is 0.365. The highest BCUT2D eigenvalue weighted by atomic mass is 32.2. The average Bonchev–Trinajstić information content (AvgIpc) is 2.46. The fourth-order valence-corrected chi connectivity index (χ4v) is 4.18. The summed E-state index contributed by atoms with van der Waals surface area (Å²) >= 11 is 0. The second kappa shape index (κ2) is 7.38. The van der Waals surface area contributed by atoms with E-state index >= 15 is 0 Å². The molecule has 1 aromatic rings. The van der Waals surface area contributed by atoms with Crippen LogP contribution in [0.15, 0.2) is 24.3 Å². The van der Waals surface area contributed by atoms with Crippen LogP contribution < -0.4 is 10.0 Å². The van der Waals surface area contributed by atoms with Crippen LogP contribution in [0.3, 0.4) is 0 Å². The molecule has 1 heterocycles. The number of hydrogen-bond donors (Lipinski definition) is 2. The van der Waals surface area contributed by atoms with E-state index in [1.54, 1.807) is 0 Å². The van der Waals surface area contributed by atoms with Crippen molar-refractivity contribution < 1.29 is 8.42 Å². The lowest BCUT2D eigenvalue weighted by Gasteiger charge is -2.23. The van der Waals surface area contributed by atoms with Crippen LogP contribution >= 0.6 is 0 Å². The third kappa shape index (κ3) is 5.41. The van der Waals surface area contributed by atoms with Gasteiger partial charge in [0.05, 0.1) is 5.75 Å². The van der Waals surface area contributed by atoms with Crippen molar-refractivity contribution in [2.75, 3.05) is 18.8 Å².